The van der Waals surface area contributed by atoms with Crippen LogP contribution in [0.4, 0.5) is 0 Å². The fourth-order valence-electron chi connectivity index (χ4n) is 1.80. The average Bonchev–Trinajstić information content (AvgIpc) is 2.64. The van der Waals surface area contributed by atoms with Gasteiger partial charge in [0.25, 0.3) is 5.91 Å². The Morgan fingerprint density at radius 3 is 3.07 bits per heavy atom. The van der Waals surface area contributed by atoms with Gasteiger partial charge in [0.05, 0.1) is 5.56 Å². The number of piperidine rings is 1. The van der Waals surface area contributed by atoms with E-state index in [0.29, 0.717) is 16.8 Å². The molecular formula is C10H13BrN2O2. The van der Waals surface area contributed by atoms with Gasteiger partial charge >= 0.3 is 0 Å². The van der Waals surface area contributed by atoms with E-state index in [-0.39, 0.29) is 11.9 Å². The summed E-state index contributed by atoms with van der Waals surface area (Å²) in [4.78, 5) is 13.7. The van der Waals surface area contributed by atoms with E-state index in [1.54, 1.807) is 11.0 Å². The molecule has 1 aromatic heterocycles. The number of hydrogen-bond acceptors (Lipinski definition) is 3. The van der Waals surface area contributed by atoms with E-state index in [0.717, 1.165) is 19.4 Å². The smallest absolute Gasteiger partial charge is 0.257 e. The predicted molar refractivity (Wildman–Crippen MR) is 59.5 cm³/mol. The van der Waals surface area contributed by atoms with Crippen LogP contribution in [0.1, 0.15) is 23.2 Å². The summed E-state index contributed by atoms with van der Waals surface area (Å²) in [5, 5.41) is 0. The minimum absolute atomic E-state index is 0.000370. The van der Waals surface area contributed by atoms with Crippen molar-refractivity contribution in [2.24, 2.45) is 5.73 Å². The van der Waals surface area contributed by atoms with Gasteiger partial charge in [0, 0.05) is 25.2 Å². The molecule has 1 aliphatic heterocycles. The molecule has 0 radical (unpaired) electrons. The minimum atomic E-state index is -0.000370. The molecule has 1 atom stereocenters. The summed E-state index contributed by atoms with van der Waals surface area (Å²) >= 11 is 3.17. The van der Waals surface area contributed by atoms with Crippen LogP contribution in [0.15, 0.2) is 21.4 Å². The first-order valence-corrected chi connectivity index (χ1v) is 5.75. The molecule has 0 saturated carbocycles. The van der Waals surface area contributed by atoms with E-state index in [2.05, 4.69) is 15.9 Å². The number of halogens is 1. The first kappa shape index (κ1) is 10.7. The molecule has 15 heavy (non-hydrogen) atoms. The molecule has 1 saturated heterocycles. The number of likely N-dealkylation sites (tertiary alicyclic amines) is 1. The van der Waals surface area contributed by atoms with Crippen LogP contribution < -0.4 is 5.73 Å². The van der Waals surface area contributed by atoms with Gasteiger partial charge < -0.3 is 15.1 Å². The standard InChI is InChI=1S/C10H13BrN2O2/c11-9-4-7(6-15-9)10(14)13-3-1-2-8(12)5-13/h4,6,8H,1-3,5,12H2. The molecule has 1 amide bonds. The topological polar surface area (TPSA) is 59.5 Å². The van der Waals surface area contributed by atoms with Gasteiger partial charge in [-0.15, -0.1) is 0 Å². The summed E-state index contributed by atoms with van der Waals surface area (Å²) in [6.07, 6.45) is 3.44. The van der Waals surface area contributed by atoms with Gasteiger partial charge in [-0.25, -0.2) is 0 Å². The van der Waals surface area contributed by atoms with Gasteiger partial charge in [-0.1, -0.05) is 0 Å². The summed E-state index contributed by atoms with van der Waals surface area (Å²) in [6, 6.07) is 1.79. The summed E-state index contributed by atoms with van der Waals surface area (Å²) in [7, 11) is 0. The molecule has 2 heterocycles. The largest absolute Gasteiger partial charge is 0.457 e. The lowest BCUT2D eigenvalue weighted by molar-refractivity contribution is 0.0708. The van der Waals surface area contributed by atoms with Gasteiger partial charge in [0.1, 0.15) is 6.26 Å². The summed E-state index contributed by atoms with van der Waals surface area (Å²) in [5.41, 5.74) is 6.40. The van der Waals surface area contributed by atoms with Crippen molar-refractivity contribution in [3.05, 3.63) is 22.6 Å². The normalized spacial score (nSPS) is 21.7. The van der Waals surface area contributed by atoms with E-state index in [1.807, 2.05) is 0 Å². The van der Waals surface area contributed by atoms with Crippen molar-refractivity contribution < 1.29 is 9.21 Å². The Kier molecular flexibility index (Phi) is 3.11. The quantitative estimate of drug-likeness (QED) is 0.845. The van der Waals surface area contributed by atoms with E-state index in [4.69, 9.17) is 10.2 Å². The third-order valence-electron chi connectivity index (χ3n) is 2.56. The Morgan fingerprint density at radius 1 is 1.67 bits per heavy atom. The number of nitrogens with two attached hydrogens (primary N) is 1. The molecule has 0 aliphatic carbocycles. The van der Waals surface area contributed by atoms with Crippen molar-refractivity contribution in [3.63, 3.8) is 0 Å². The lowest BCUT2D eigenvalue weighted by Crippen LogP contribution is -2.45. The minimum Gasteiger partial charge on any atom is -0.457 e. The van der Waals surface area contributed by atoms with E-state index in [1.165, 1.54) is 6.26 Å². The van der Waals surface area contributed by atoms with Gasteiger partial charge in [-0.05, 0) is 28.8 Å². The van der Waals surface area contributed by atoms with Crippen molar-refractivity contribution in [2.45, 2.75) is 18.9 Å². The fraction of sp³-hybridized carbons (Fsp3) is 0.500. The van der Waals surface area contributed by atoms with Crippen LogP contribution in [0.3, 0.4) is 0 Å². The van der Waals surface area contributed by atoms with Crippen LogP contribution >= 0.6 is 15.9 Å². The monoisotopic (exact) mass is 272 g/mol. The lowest BCUT2D eigenvalue weighted by Gasteiger charge is -2.30. The Balaban J connectivity index is 2.07. The molecule has 1 aromatic rings. The highest BCUT2D eigenvalue weighted by Gasteiger charge is 2.23. The third-order valence-corrected chi connectivity index (χ3v) is 2.98. The van der Waals surface area contributed by atoms with Gasteiger partial charge in [0.15, 0.2) is 4.67 Å². The van der Waals surface area contributed by atoms with Crippen molar-refractivity contribution in [1.82, 2.24) is 4.90 Å². The highest BCUT2D eigenvalue weighted by molar-refractivity contribution is 9.10. The maximum absolute atomic E-state index is 11.9. The number of nitrogens with zero attached hydrogens (tertiary/aromatic N) is 1. The van der Waals surface area contributed by atoms with E-state index in [9.17, 15) is 4.79 Å². The zero-order chi connectivity index (χ0) is 10.8. The van der Waals surface area contributed by atoms with Crippen LogP contribution in [0, 0.1) is 0 Å². The Bertz CT molecular complexity index is 364. The number of furan rings is 1. The molecule has 0 bridgehead atoms. The zero-order valence-electron chi connectivity index (χ0n) is 8.28. The first-order chi connectivity index (χ1) is 7.16. The van der Waals surface area contributed by atoms with E-state index >= 15 is 0 Å². The number of carbonyl (C=O) groups is 1. The van der Waals surface area contributed by atoms with Crippen molar-refractivity contribution >= 4 is 21.8 Å². The Morgan fingerprint density at radius 2 is 2.47 bits per heavy atom. The molecule has 1 unspecified atom stereocenters. The fourth-order valence-corrected chi connectivity index (χ4v) is 2.14. The highest BCUT2D eigenvalue weighted by atomic mass is 79.9. The number of hydrogen-bond donors (Lipinski definition) is 1. The van der Waals surface area contributed by atoms with Crippen molar-refractivity contribution in [2.75, 3.05) is 13.1 Å². The lowest BCUT2D eigenvalue weighted by atomic mass is 10.1. The SMILES string of the molecule is NC1CCCN(C(=O)c2coc(Br)c2)C1. The Labute approximate surface area is 96.5 Å². The second kappa shape index (κ2) is 4.37. The van der Waals surface area contributed by atoms with Crippen LogP contribution in [0.5, 0.6) is 0 Å². The summed E-state index contributed by atoms with van der Waals surface area (Å²) in [5.74, 6) is -0.000370. The van der Waals surface area contributed by atoms with Crippen molar-refractivity contribution in [3.8, 4) is 0 Å². The maximum atomic E-state index is 11.9. The van der Waals surface area contributed by atoms with Crippen LogP contribution in [0.2, 0.25) is 0 Å². The second-order valence-corrected chi connectivity index (χ2v) is 4.57. The Hall–Kier alpha value is -0.810. The number of rotatable bonds is 1. The molecule has 2 N–H and O–H groups in total. The van der Waals surface area contributed by atoms with Crippen LogP contribution in [0.25, 0.3) is 0 Å². The van der Waals surface area contributed by atoms with Gasteiger partial charge in [0.2, 0.25) is 0 Å². The molecule has 1 fully saturated rings. The van der Waals surface area contributed by atoms with Crippen molar-refractivity contribution in [1.29, 1.82) is 0 Å². The second-order valence-electron chi connectivity index (χ2n) is 3.79. The number of carbonyl (C=O) groups excluding carboxylic acids is 1. The maximum Gasteiger partial charge on any atom is 0.257 e. The first-order valence-electron chi connectivity index (χ1n) is 4.95. The summed E-state index contributed by atoms with van der Waals surface area (Å²) < 4.78 is 5.62. The van der Waals surface area contributed by atoms with Gasteiger partial charge in [-0.3, -0.25) is 4.79 Å². The molecule has 4 nitrogen and oxygen atoms in total. The third kappa shape index (κ3) is 2.41. The van der Waals surface area contributed by atoms with Crippen LogP contribution in [-0.4, -0.2) is 29.9 Å². The molecule has 82 valence electrons. The molecule has 5 heteroatoms. The zero-order valence-corrected chi connectivity index (χ0v) is 9.87. The summed E-state index contributed by atoms with van der Waals surface area (Å²) in [6.45, 7) is 1.43. The van der Waals surface area contributed by atoms with Crippen LogP contribution in [-0.2, 0) is 0 Å². The predicted octanol–water partition coefficient (Wildman–Crippen LogP) is 1.61. The molecule has 2 rings (SSSR count). The average molecular weight is 273 g/mol. The highest BCUT2D eigenvalue weighted by Crippen LogP contribution is 2.17. The molecule has 0 aromatic carbocycles. The molecule has 1 aliphatic rings. The number of amides is 1. The molecular weight excluding hydrogens is 260 g/mol. The molecule has 0 spiro atoms. The van der Waals surface area contributed by atoms with E-state index < -0.39 is 0 Å². The van der Waals surface area contributed by atoms with Gasteiger partial charge in [-0.2, -0.15) is 0 Å².